The molecular weight excluding hydrogens is 466 g/mol. The average molecular weight is 496 g/mol. The predicted octanol–water partition coefficient (Wildman–Crippen LogP) is 4.44. The van der Waals surface area contributed by atoms with Crippen LogP contribution in [0.15, 0.2) is 23.4 Å². The number of nitriles is 1. The van der Waals surface area contributed by atoms with Gasteiger partial charge in [0, 0.05) is 35.1 Å². The molecule has 1 spiro atoms. The Hall–Kier alpha value is -2.06. The van der Waals surface area contributed by atoms with Crippen LogP contribution < -0.4 is 9.62 Å². The SMILES string of the molecule is CC1(NSc2cc(N3CCC4(CC3)COC4)c3cnc(C(=N)SC(=N)C4(C#N)CC4)n3c2)CC1. The van der Waals surface area contributed by atoms with E-state index in [1.807, 2.05) is 16.8 Å². The van der Waals surface area contributed by atoms with E-state index in [4.69, 9.17) is 15.6 Å². The molecular formula is C24H29N7OS2. The largest absolute Gasteiger partial charge is 0.380 e. The third-order valence-corrected chi connectivity index (χ3v) is 9.83. The molecule has 4 heterocycles. The zero-order valence-electron chi connectivity index (χ0n) is 19.3. The average Bonchev–Trinajstić information content (AvgIpc) is 3.73. The maximum Gasteiger partial charge on any atom is 0.169 e. The number of ether oxygens (including phenoxy) is 1. The maximum absolute atomic E-state index is 9.43. The molecule has 2 aliphatic carbocycles. The Balaban J connectivity index is 1.30. The molecule has 4 fully saturated rings. The molecule has 10 heteroatoms. The van der Waals surface area contributed by atoms with Crippen LogP contribution in [0.3, 0.4) is 0 Å². The van der Waals surface area contributed by atoms with Gasteiger partial charge in [-0.25, -0.2) is 4.98 Å². The lowest BCUT2D eigenvalue weighted by Crippen LogP contribution is -2.51. The summed E-state index contributed by atoms with van der Waals surface area (Å²) in [5, 5.41) is 27.0. The lowest BCUT2D eigenvalue weighted by Gasteiger charge is -2.48. The first-order chi connectivity index (χ1) is 16.3. The number of piperidine rings is 1. The zero-order valence-corrected chi connectivity index (χ0v) is 20.9. The van der Waals surface area contributed by atoms with Gasteiger partial charge in [0.25, 0.3) is 0 Å². The molecule has 178 valence electrons. The van der Waals surface area contributed by atoms with Crippen molar-refractivity contribution in [2.24, 2.45) is 10.8 Å². The Morgan fingerprint density at radius 3 is 2.50 bits per heavy atom. The predicted molar refractivity (Wildman–Crippen MR) is 136 cm³/mol. The molecule has 0 radical (unpaired) electrons. The van der Waals surface area contributed by atoms with E-state index in [1.54, 1.807) is 11.9 Å². The highest BCUT2D eigenvalue weighted by Crippen LogP contribution is 2.49. The van der Waals surface area contributed by atoms with E-state index in [2.05, 4.69) is 33.7 Å². The molecule has 3 N–H and O–H groups in total. The minimum atomic E-state index is -0.686. The number of fused-ring (bicyclic) bond motifs is 1. The third kappa shape index (κ3) is 3.92. The van der Waals surface area contributed by atoms with Crippen molar-refractivity contribution >= 4 is 45.0 Å². The van der Waals surface area contributed by atoms with Gasteiger partial charge in [-0.05, 0) is 63.5 Å². The second kappa shape index (κ2) is 7.98. The van der Waals surface area contributed by atoms with Crippen molar-refractivity contribution in [1.29, 1.82) is 16.1 Å². The molecule has 2 aromatic heterocycles. The zero-order chi connectivity index (χ0) is 23.6. The summed E-state index contributed by atoms with van der Waals surface area (Å²) >= 11 is 2.71. The Morgan fingerprint density at radius 1 is 1.18 bits per heavy atom. The number of thioether (sulfide) groups is 1. The second-order valence-electron chi connectivity index (χ2n) is 10.6. The molecule has 2 aliphatic heterocycles. The molecule has 0 aromatic carbocycles. The van der Waals surface area contributed by atoms with Gasteiger partial charge in [-0.1, -0.05) is 11.8 Å². The second-order valence-corrected chi connectivity index (χ2v) is 12.5. The molecule has 2 aromatic rings. The van der Waals surface area contributed by atoms with Crippen LogP contribution in [0.25, 0.3) is 5.52 Å². The van der Waals surface area contributed by atoms with Crippen LogP contribution in [0.2, 0.25) is 0 Å². The number of anilines is 1. The van der Waals surface area contributed by atoms with Crippen molar-refractivity contribution in [3.05, 3.63) is 24.3 Å². The van der Waals surface area contributed by atoms with Crippen LogP contribution >= 0.6 is 23.7 Å². The van der Waals surface area contributed by atoms with Crippen LogP contribution in [-0.4, -0.2) is 51.3 Å². The van der Waals surface area contributed by atoms with Gasteiger partial charge in [0.2, 0.25) is 0 Å². The standard InChI is InChI=1S/C24H29N7OS2/c1-22(2-3-22)29-34-16-10-17(30-8-6-23(7-9-30)14-32-15-23)18-11-28-20(31(18)12-16)19(26)33-21(27)24(13-25)4-5-24/h10-12,26-27,29H,2-9,14-15H2,1H3. The summed E-state index contributed by atoms with van der Waals surface area (Å²) in [4.78, 5) is 8.15. The first-order valence-corrected chi connectivity index (χ1v) is 13.5. The Morgan fingerprint density at radius 2 is 1.91 bits per heavy atom. The highest BCUT2D eigenvalue weighted by molar-refractivity contribution is 8.26. The molecule has 6 rings (SSSR count). The molecule has 0 unspecified atom stereocenters. The number of rotatable bonds is 6. The summed E-state index contributed by atoms with van der Waals surface area (Å²) in [7, 11) is 0. The van der Waals surface area contributed by atoms with E-state index in [0.717, 1.165) is 67.0 Å². The Labute approximate surface area is 208 Å². The van der Waals surface area contributed by atoms with Gasteiger partial charge in [0.15, 0.2) is 5.82 Å². The summed E-state index contributed by atoms with van der Waals surface area (Å²) in [6.45, 7) is 5.99. The minimum Gasteiger partial charge on any atom is -0.380 e. The Bertz CT molecular complexity index is 1210. The molecule has 0 amide bonds. The van der Waals surface area contributed by atoms with Crippen molar-refractivity contribution in [3.63, 3.8) is 0 Å². The first kappa shape index (κ1) is 22.4. The van der Waals surface area contributed by atoms with Crippen molar-refractivity contribution in [1.82, 2.24) is 14.1 Å². The van der Waals surface area contributed by atoms with E-state index in [0.29, 0.717) is 24.1 Å². The van der Waals surface area contributed by atoms with E-state index in [1.165, 1.54) is 12.8 Å². The van der Waals surface area contributed by atoms with Crippen molar-refractivity contribution in [2.75, 3.05) is 31.2 Å². The molecule has 0 bridgehead atoms. The van der Waals surface area contributed by atoms with Gasteiger partial charge in [-0.15, -0.1) is 0 Å². The molecule has 2 saturated carbocycles. The van der Waals surface area contributed by atoms with E-state index in [-0.39, 0.29) is 15.6 Å². The monoisotopic (exact) mass is 495 g/mol. The van der Waals surface area contributed by atoms with Crippen molar-refractivity contribution < 1.29 is 4.74 Å². The van der Waals surface area contributed by atoms with Gasteiger partial charge < -0.3 is 9.64 Å². The van der Waals surface area contributed by atoms with Gasteiger partial charge in [0.05, 0.1) is 41.7 Å². The van der Waals surface area contributed by atoms with Gasteiger partial charge >= 0.3 is 0 Å². The van der Waals surface area contributed by atoms with Crippen molar-refractivity contribution in [3.8, 4) is 6.07 Å². The van der Waals surface area contributed by atoms with Gasteiger partial charge in [-0.2, -0.15) is 5.26 Å². The van der Waals surface area contributed by atoms with Gasteiger partial charge in [-0.3, -0.25) is 19.9 Å². The highest BCUT2D eigenvalue weighted by Gasteiger charge is 2.48. The Kier molecular flexibility index (Phi) is 5.26. The fraction of sp³-hybridized carbons (Fsp3) is 0.583. The van der Waals surface area contributed by atoms with Crippen LogP contribution in [-0.2, 0) is 4.74 Å². The molecule has 0 atom stereocenters. The molecule has 2 saturated heterocycles. The lowest BCUT2D eigenvalue weighted by molar-refractivity contribution is -0.124. The van der Waals surface area contributed by atoms with Crippen molar-refractivity contribution in [2.45, 2.75) is 55.9 Å². The smallest absolute Gasteiger partial charge is 0.169 e. The van der Waals surface area contributed by atoms with Gasteiger partial charge in [0.1, 0.15) is 10.5 Å². The maximum atomic E-state index is 9.43. The normalized spacial score (nSPS) is 23.4. The van der Waals surface area contributed by atoms with Crippen LogP contribution in [0.4, 0.5) is 5.69 Å². The van der Waals surface area contributed by atoms with E-state index < -0.39 is 5.41 Å². The molecule has 4 aliphatic rings. The van der Waals surface area contributed by atoms with E-state index >= 15 is 0 Å². The third-order valence-electron chi connectivity index (χ3n) is 7.80. The fourth-order valence-corrected chi connectivity index (χ4v) is 6.45. The number of nitrogens with one attached hydrogen (secondary N) is 3. The summed E-state index contributed by atoms with van der Waals surface area (Å²) in [6.07, 6.45) is 9.95. The summed E-state index contributed by atoms with van der Waals surface area (Å²) in [5.41, 5.74) is 2.01. The number of hydrogen-bond acceptors (Lipinski definition) is 9. The number of hydrogen-bond donors (Lipinski definition) is 3. The van der Waals surface area contributed by atoms with Crippen LogP contribution in [0.1, 0.15) is 51.3 Å². The highest BCUT2D eigenvalue weighted by atomic mass is 32.2. The number of imidazole rings is 1. The number of aromatic nitrogens is 2. The minimum absolute atomic E-state index is 0.201. The quantitative estimate of drug-likeness (QED) is 0.308. The fourth-order valence-electron chi connectivity index (χ4n) is 4.66. The molecule has 8 nitrogen and oxygen atoms in total. The summed E-state index contributed by atoms with van der Waals surface area (Å²) in [6, 6.07) is 4.50. The van der Waals surface area contributed by atoms with Crippen LogP contribution in [0.5, 0.6) is 0 Å². The lowest BCUT2D eigenvalue weighted by atomic mass is 9.77. The number of nitrogens with zero attached hydrogens (tertiary/aromatic N) is 4. The van der Waals surface area contributed by atoms with E-state index in [9.17, 15) is 5.26 Å². The summed E-state index contributed by atoms with van der Waals surface area (Å²) < 4.78 is 11.1. The number of pyridine rings is 1. The summed E-state index contributed by atoms with van der Waals surface area (Å²) in [5.74, 6) is 0.528. The topological polar surface area (TPSA) is 113 Å². The van der Waals surface area contributed by atoms with Crippen LogP contribution in [0, 0.1) is 33.0 Å². The first-order valence-electron chi connectivity index (χ1n) is 11.9. The molecule has 34 heavy (non-hydrogen) atoms.